The fourth-order valence-corrected chi connectivity index (χ4v) is 3.27. The minimum Gasteiger partial charge on any atom is -0.454 e. The molecule has 0 aliphatic rings. The second-order valence-electron chi connectivity index (χ2n) is 6.40. The van der Waals surface area contributed by atoms with Gasteiger partial charge >= 0.3 is 0 Å². The molecule has 0 radical (unpaired) electrons. The molecule has 0 unspecified atom stereocenters. The van der Waals surface area contributed by atoms with E-state index >= 15 is 0 Å². The number of ketones is 1. The van der Waals surface area contributed by atoms with E-state index in [2.05, 4.69) is 9.97 Å². The number of benzene rings is 2. The molecule has 0 saturated heterocycles. The van der Waals surface area contributed by atoms with Crippen molar-refractivity contribution in [3.63, 3.8) is 0 Å². The number of aryl methyl sites for hydroxylation is 1. The third kappa shape index (κ3) is 3.30. The van der Waals surface area contributed by atoms with Crippen LogP contribution in [0.1, 0.15) is 21.5 Å². The zero-order valence-corrected chi connectivity index (χ0v) is 15.8. The first kappa shape index (κ1) is 18.9. The Morgan fingerprint density at radius 2 is 1.97 bits per heavy atom. The van der Waals surface area contributed by atoms with E-state index in [0.29, 0.717) is 16.6 Å². The van der Waals surface area contributed by atoms with Crippen LogP contribution < -0.4 is 10.5 Å². The standard InChI is InChI=1S/C21H14ClF2N3O2/c1-10-6-11(29-16-5-3-2-4-14(16)23)7-15(24)17(10)20(28)12-8-26-21-18(12)19(25)13(22)9-27-21/h2-9H,1H3,(H3,25,26,27). The molecule has 0 spiro atoms. The van der Waals surface area contributed by atoms with E-state index in [1.165, 1.54) is 36.7 Å². The molecular formula is C21H14ClF2N3O2. The van der Waals surface area contributed by atoms with Gasteiger partial charge in [-0.15, -0.1) is 0 Å². The highest BCUT2D eigenvalue weighted by atomic mass is 35.5. The summed E-state index contributed by atoms with van der Waals surface area (Å²) in [7, 11) is 0. The van der Waals surface area contributed by atoms with Gasteiger partial charge < -0.3 is 15.5 Å². The number of H-pyrrole nitrogens is 1. The summed E-state index contributed by atoms with van der Waals surface area (Å²) in [5.74, 6) is -1.94. The largest absolute Gasteiger partial charge is 0.454 e. The van der Waals surface area contributed by atoms with E-state index in [4.69, 9.17) is 22.1 Å². The van der Waals surface area contributed by atoms with Crippen molar-refractivity contribution >= 4 is 34.1 Å². The van der Waals surface area contributed by atoms with Crippen molar-refractivity contribution in [2.24, 2.45) is 0 Å². The Hall–Kier alpha value is -3.45. The van der Waals surface area contributed by atoms with Crippen LogP contribution in [0.4, 0.5) is 14.5 Å². The van der Waals surface area contributed by atoms with E-state index in [9.17, 15) is 13.6 Å². The second kappa shape index (κ2) is 7.18. The third-order valence-electron chi connectivity index (χ3n) is 4.49. The number of para-hydroxylation sites is 1. The van der Waals surface area contributed by atoms with Gasteiger partial charge in [0.05, 0.1) is 33.4 Å². The molecule has 0 atom stereocenters. The molecule has 146 valence electrons. The summed E-state index contributed by atoms with van der Waals surface area (Å²) in [5.41, 5.74) is 6.86. The number of carbonyl (C=O) groups is 1. The lowest BCUT2D eigenvalue weighted by Gasteiger charge is -2.11. The highest BCUT2D eigenvalue weighted by molar-refractivity contribution is 6.35. The molecule has 0 aliphatic heterocycles. The van der Waals surface area contributed by atoms with E-state index in [1.54, 1.807) is 13.0 Å². The van der Waals surface area contributed by atoms with Crippen LogP contribution in [-0.2, 0) is 0 Å². The predicted octanol–water partition coefficient (Wildman–Crippen LogP) is 5.41. The van der Waals surface area contributed by atoms with Gasteiger partial charge in [0.1, 0.15) is 17.2 Å². The van der Waals surface area contributed by atoms with Gasteiger partial charge in [0.2, 0.25) is 0 Å². The second-order valence-corrected chi connectivity index (χ2v) is 6.81. The Morgan fingerprint density at radius 1 is 1.21 bits per heavy atom. The number of fused-ring (bicyclic) bond motifs is 1. The number of hydrogen-bond donors (Lipinski definition) is 2. The number of aromatic nitrogens is 2. The van der Waals surface area contributed by atoms with Crippen LogP contribution >= 0.6 is 11.6 Å². The SMILES string of the molecule is Cc1cc(Oc2ccccc2F)cc(F)c1C(=O)c1c[nH]c2ncc(Cl)c(N)c12. The van der Waals surface area contributed by atoms with Crippen LogP contribution in [0.3, 0.4) is 0 Å². The van der Waals surface area contributed by atoms with Crippen LogP contribution in [0.15, 0.2) is 48.8 Å². The lowest BCUT2D eigenvalue weighted by Crippen LogP contribution is -2.08. The van der Waals surface area contributed by atoms with Crippen molar-refractivity contribution in [1.29, 1.82) is 0 Å². The smallest absolute Gasteiger partial charge is 0.198 e. The van der Waals surface area contributed by atoms with Gasteiger partial charge in [-0.05, 0) is 30.7 Å². The molecular weight excluding hydrogens is 400 g/mol. The summed E-state index contributed by atoms with van der Waals surface area (Å²) in [6.45, 7) is 1.56. The fourth-order valence-electron chi connectivity index (χ4n) is 3.12. The number of rotatable bonds is 4. The fraction of sp³-hybridized carbons (Fsp3) is 0.0476. The number of hydrogen-bond acceptors (Lipinski definition) is 4. The minimum absolute atomic E-state index is 0.0458. The van der Waals surface area contributed by atoms with Gasteiger partial charge in [0.25, 0.3) is 0 Å². The molecule has 5 nitrogen and oxygen atoms in total. The van der Waals surface area contributed by atoms with Crippen LogP contribution in [0.5, 0.6) is 11.5 Å². The first-order chi connectivity index (χ1) is 13.9. The number of pyridine rings is 1. The molecule has 0 aliphatic carbocycles. The first-order valence-corrected chi connectivity index (χ1v) is 8.93. The van der Waals surface area contributed by atoms with Crippen molar-refractivity contribution in [2.45, 2.75) is 6.92 Å². The quantitative estimate of drug-likeness (QED) is 0.438. The van der Waals surface area contributed by atoms with Gasteiger partial charge in [0, 0.05) is 12.3 Å². The average Bonchev–Trinajstić information content (AvgIpc) is 3.11. The van der Waals surface area contributed by atoms with Crippen molar-refractivity contribution in [1.82, 2.24) is 9.97 Å². The molecule has 4 aromatic rings. The summed E-state index contributed by atoms with van der Waals surface area (Å²) in [5, 5.41) is 0.518. The Kier molecular flexibility index (Phi) is 4.68. The molecule has 8 heteroatoms. The van der Waals surface area contributed by atoms with Crippen molar-refractivity contribution in [3.8, 4) is 11.5 Å². The molecule has 0 fully saturated rings. The lowest BCUT2D eigenvalue weighted by molar-refractivity contribution is 0.103. The normalized spacial score (nSPS) is 11.0. The number of nitrogen functional groups attached to an aromatic ring is 1. The molecule has 29 heavy (non-hydrogen) atoms. The molecule has 3 N–H and O–H groups in total. The van der Waals surface area contributed by atoms with Gasteiger partial charge in [-0.3, -0.25) is 4.79 Å². The number of ether oxygens (including phenoxy) is 1. The maximum Gasteiger partial charge on any atom is 0.198 e. The number of carbonyl (C=O) groups excluding carboxylic acids is 1. The van der Waals surface area contributed by atoms with E-state index in [0.717, 1.165) is 6.07 Å². The Morgan fingerprint density at radius 3 is 2.69 bits per heavy atom. The maximum absolute atomic E-state index is 14.9. The molecule has 2 aromatic heterocycles. The Bertz CT molecular complexity index is 1250. The first-order valence-electron chi connectivity index (χ1n) is 8.55. The monoisotopic (exact) mass is 413 g/mol. The van der Waals surface area contributed by atoms with E-state index in [1.807, 2.05) is 0 Å². The zero-order chi connectivity index (χ0) is 20.7. The maximum atomic E-state index is 14.9. The van der Waals surface area contributed by atoms with Gasteiger partial charge in [-0.1, -0.05) is 23.7 Å². The van der Waals surface area contributed by atoms with E-state index < -0.39 is 17.4 Å². The van der Waals surface area contributed by atoms with Crippen molar-refractivity contribution in [2.75, 3.05) is 5.73 Å². The minimum atomic E-state index is -0.802. The van der Waals surface area contributed by atoms with Crippen LogP contribution in [0, 0.1) is 18.6 Å². The molecule has 0 saturated carbocycles. The Balaban J connectivity index is 1.75. The molecule has 4 rings (SSSR count). The molecule has 0 bridgehead atoms. The highest BCUT2D eigenvalue weighted by Crippen LogP contribution is 2.33. The van der Waals surface area contributed by atoms with E-state index in [-0.39, 0.29) is 33.3 Å². The van der Waals surface area contributed by atoms with Gasteiger partial charge in [-0.2, -0.15) is 0 Å². The highest BCUT2D eigenvalue weighted by Gasteiger charge is 2.23. The predicted molar refractivity (Wildman–Crippen MR) is 107 cm³/mol. The van der Waals surface area contributed by atoms with Gasteiger partial charge in [0.15, 0.2) is 17.3 Å². The number of halogens is 3. The zero-order valence-electron chi connectivity index (χ0n) is 15.1. The number of nitrogens with one attached hydrogen (secondary N) is 1. The summed E-state index contributed by atoms with van der Waals surface area (Å²) in [6.07, 6.45) is 2.78. The lowest BCUT2D eigenvalue weighted by atomic mass is 9.98. The summed E-state index contributed by atoms with van der Waals surface area (Å²) >= 11 is 6.01. The summed E-state index contributed by atoms with van der Waals surface area (Å²) < 4.78 is 34.1. The van der Waals surface area contributed by atoms with Crippen LogP contribution in [0.2, 0.25) is 5.02 Å². The average molecular weight is 414 g/mol. The molecule has 2 aromatic carbocycles. The van der Waals surface area contributed by atoms with Crippen LogP contribution in [0.25, 0.3) is 11.0 Å². The number of aromatic amines is 1. The number of anilines is 1. The summed E-state index contributed by atoms with van der Waals surface area (Å²) in [6, 6.07) is 8.27. The molecule has 0 amide bonds. The number of nitrogens with zero attached hydrogens (tertiary/aromatic N) is 1. The molecule has 2 heterocycles. The number of nitrogens with two attached hydrogens (primary N) is 1. The van der Waals surface area contributed by atoms with Crippen molar-refractivity contribution < 1.29 is 18.3 Å². The van der Waals surface area contributed by atoms with Gasteiger partial charge in [-0.25, -0.2) is 13.8 Å². The topological polar surface area (TPSA) is 81.0 Å². The summed E-state index contributed by atoms with van der Waals surface area (Å²) in [4.78, 5) is 20.0. The third-order valence-corrected chi connectivity index (χ3v) is 4.79. The Labute approximate surface area is 169 Å². The van der Waals surface area contributed by atoms with Crippen molar-refractivity contribution in [3.05, 3.63) is 82.1 Å². The van der Waals surface area contributed by atoms with Crippen LogP contribution in [-0.4, -0.2) is 15.8 Å².